The standard InChI is InChI=1S/C23H30O6/c1-15(14-22(4)21(25)23(5,26)17(3)29-22)11-9-7-8-10-12-18-13-19(27-6)16(2)20(24)28-18/h7-14,17,21,25-26H,1-6H3. The van der Waals surface area contributed by atoms with E-state index in [1.807, 2.05) is 31.2 Å². The molecule has 4 unspecified atom stereocenters. The Morgan fingerprint density at radius 2 is 1.90 bits per heavy atom. The first-order valence-corrected chi connectivity index (χ1v) is 9.49. The van der Waals surface area contributed by atoms with Gasteiger partial charge in [-0.15, -0.1) is 0 Å². The first-order valence-electron chi connectivity index (χ1n) is 9.49. The maximum Gasteiger partial charge on any atom is 0.342 e. The van der Waals surface area contributed by atoms with Gasteiger partial charge in [-0.2, -0.15) is 0 Å². The zero-order valence-electron chi connectivity index (χ0n) is 17.8. The van der Waals surface area contributed by atoms with Gasteiger partial charge in [0.1, 0.15) is 28.8 Å². The maximum absolute atomic E-state index is 11.7. The van der Waals surface area contributed by atoms with Crippen molar-refractivity contribution in [2.75, 3.05) is 7.11 Å². The molecule has 2 rings (SSSR count). The molecule has 1 aromatic heterocycles. The number of aliphatic hydroxyl groups excluding tert-OH is 1. The van der Waals surface area contributed by atoms with E-state index in [1.54, 1.807) is 52.0 Å². The van der Waals surface area contributed by atoms with Gasteiger partial charge in [-0.1, -0.05) is 36.0 Å². The minimum Gasteiger partial charge on any atom is -0.496 e. The third-order valence-electron chi connectivity index (χ3n) is 5.20. The van der Waals surface area contributed by atoms with E-state index in [1.165, 1.54) is 7.11 Å². The first kappa shape index (κ1) is 22.9. The molecule has 0 bridgehead atoms. The first-order chi connectivity index (χ1) is 13.5. The zero-order valence-corrected chi connectivity index (χ0v) is 17.8. The number of hydrogen-bond donors (Lipinski definition) is 2. The fourth-order valence-corrected chi connectivity index (χ4v) is 3.31. The van der Waals surface area contributed by atoms with E-state index in [0.29, 0.717) is 17.1 Å². The molecule has 1 aromatic rings. The summed E-state index contributed by atoms with van der Waals surface area (Å²) in [6.45, 7) is 8.62. The van der Waals surface area contributed by atoms with Crippen molar-refractivity contribution in [3.63, 3.8) is 0 Å². The van der Waals surface area contributed by atoms with Gasteiger partial charge in [-0.05, 0) is 46.8 Å². The zero-order chi connectivity index (χ0) is 21.8. The normalized spacial score (nSPS) is 30.8. The van der Waals surface area contributed by atoms with Crippen molar-refractivity contribution < 1.29 is 24.1 Å². The highest BCUT2D eigenvalue weighted by atomic mass is 16.6. The molecule has 0 radical (unpaired) electrons. The van der Waals surface area contributed by atoms with Crippen molar-refractivity contribution in [2.45, 2.75) is 58.0 Å². The van der Waals surface area contributed by atoms with E-state index < -0.39 is 29.0 Å². The van der Waals surface area contributed by atoms with Crippen LogP contribution in [0, 0.1) is 6.92 Å². The molecule has 0 aromatic carbocycles. The molecule has 29 heavy (non-hydrogen) atoms. The Morgan fingerprint density at radius 3 is 2.48 bits per heavy atom. The van der Waals surface area contributed by atoms with Crippen LogP contribution in [0.3, 0.4) is 0 Å². The number of aliphatic hydroxyl groups is 2. The van der Waals surface area contributed by atoms with Crippen LogP contribution in [-0.4, -0.2) is 40.7 Å². The molecule has 1 saturated heterocycles. The smallest absolute Gasteiger partial charge is 0.342 e. The number of rotatable bonds is 6. The molecule has 158 valence electrons. The summed E-state index contributed by atoms with van der Waals surface area (Å²) in [6, 6.07) is 1.66. The summed E-state index contributed by atoms with van der Waals surface area (Å²) in [5.41, 5.74) is -1.35. The number of hydrogen-bond acceptors (Lipinski definition) is 6. The highest BCUT2D eigenvalue weighted by Gasteiger charge is 2.55. The molecule has 6 heteroatoms. The summed E-state index contributed by atoms with van der Waals surface area (Å²) < 4.78 is 16.1. The number of ether oxygens (including phenoxy) is 2. The monoisotopic (exact) mass is 402 g/mol. The van der Waals surface area contributed by atoms with Crippen LogP contribution in [0.2, 0.25) is 0 Å². The van der Waals surface area contributed by atoms with Crippen LogP contribution < -0.4 is 10.4 Å². The summed E-state index contributed by atoms with van der Waals surface area (Å²) in [5.74, 6) is 0.896. The number of methoxy groups -OCH3 is 1. The molecule has 1 aliphatic rings. The van der Waals surface area contributed by atoms with Crippen molar-refractivity contribution in [1.29, 1.82) is 0 Å². The maximum atomic E-state index is 11.7. The van der Waals surface area contributed by atoms with Crippen LogP contribution in [0.25, 0.3) is 6.08 Å². The topological polar surface area (TPSA) is 89.1 Å². The average Bonchev–Trinajstić information content (AvgIpc) is 2.80. The molecule has 4 atom stereocenters. The summed E-state index contributed by atoms with van der Waals surface area (Å²) in [7, 11) is 1.51. The second-order valence-corrected chi connectivity index (χ2v) is 7.69. The molecule has 0 amide bonds. The highest BCUT2D eigenvalue weighted by molar-refractivity contribution is 5.48. The Hall–Kier alpha value is -2.41. The molecule has 6 nitrogen and oxygen atoms in total. The lowest BCUT2D eigenvalue weighted by Crippen LogP contribution is -2.47. The van der Waals surface area contributed by atoms with E-state index in [9.17, 15) is 15.0 Å². The molecular formula is C23H30O6. The van der Waals surface area contributed by atoms with E-state index in [4.69, 9.17) is 13.9 Å². The number of allylic oxidation sites excluding steroid dienone is 6. The Balaban J connectivity index is 2.02. The van der Waals surface area contributed by atoms with Gasteiger partial charge in [0.25, 0.3) is 0 Å². The largest absolute Gasteiger partial charge is 0.496 e. The van der Waals surface area contributed by atoms with Gasteiger partial charge >= 0.3 is 5.63 Å². The lowest BCUT2D eigenvalue weighted by Gasteiger charge is -2.28. The molecule has 0 spiro atoms. The summed E-state index contributed by atoms with van der Waals surface area (Å²) in [5, 5.41) is 20.7. The lowest BCUT2D eigenvalue weighted by molar-refractivity contribution is -0.0579. The van der Waals surface area contributed by atoms with Gasteiger partial charge in [0.05, 0.1) is 18.8 Å². The van der Waals surface area contributed by atoms with Crippen LogP contribution in [0.4, 0.5) is 0 Å². The molecule has 0 aliphatic carbocycles. The van der Waals surface area contributed by atoms with Crippen molar-refractivity contribution in [1.82, 2.24) is 0 Å². The second-order valence-electron chi connectivity index (χ2n) is 7.69. The van der Waals surface area contributed by atoms with E-state index in [-0.39, 0.29) is 0 Å². The predicted octanol–water partition coefficient (Wildman–Crippen LogP) is 3.32. The van der Waals surface area contributed by atoms with E-state index in [2.05, 4.69) is 0 Å². The Bertz CT molecular complexity index is 902. The average molecular weight is 402 g/mol. The fourth-order valence-electron chi connectivity index (χ4n) is 3.31. The van der Waals surface area contributed by atoms with Crippen molar-refractivity contribution in [2.24, 2.45) is 0 Å². The molecule has 1 aliphatic heterocycles. The Kier molecular flexibility index (Phi) is 7.06. The third-order valence-corrected chi connectivity index (χ3v) is 5.20. The Morgan fingerprint density at radius 1 is 1.24 bits per heavy atom. The van der Waals surface area contributed by atoms with E-state index in [0.717, 1.165) is 5.57 Å². The molecular weight excluding hydrogens is 372 g/mol. The second kappa shape index (κ2) is 8.95. The SMILES string of the molecule is COc1cc(C=CC=CC=CC(C)=CC2(C)OC(C)C(C)(O)C2O)oc(=O)c1C. The van der Waals surface area contributed by atoms with Crippen LogP contribution in [0.5, 0.6) is 5.75 Å². The van der Waals surface area contributed by atoms with Crippen LogP contribution >= 0.6 is 0 Å². The minimum atomic E-state index is -1.30. The van der Waals surface area contributed by atoms with Crippen molar-refractivity contribution >= 4 is 6.08 Å². The van der Waals surface area contributed by atoms with Gasteiger partial charge in [0.2, 0.25) is 0 Å². The molecule has 2 N–H and O–H groups in total. The highest BCUT2D eigenvalue weighted by Crippen LogP contribution is 2.39. The van der Waals surface area contributed by atoms with Gasteiger partial charge in [-0.25, -0.2) is 4.79 Å². The summed E-state index contributed by atoms with van der Waals surface area (Å²) in [6.07, 6.45) is 11.1. The fraction of sp³-hybridized carbons (Fsp3) is 0.435. The summed E-state index contributed by atoms with van der Waals surface area (Å²) >= 11 is 0. The third kappa shape index (κ3) is 5.15. The Labute approximate surface area is 171 Å². The molecule has 2 heterocycles. The van der Waals surface area contributed by atoms with Crippen LogP contribution in [0.15, 0.2) is 57.3 Å². The van der Waals surface area contributed by atoms with Gasteiger partial charge in [0, 0.05) is 6.07 Å². The van der Waals surface area contributed by atoms with Crippen molar-refractivity contribution in [3.05, 3.63) is 69.8 Å². The molecule has 0 saturated carbocycles. The van der Waals surface area contributed by atoms with E-state index >= 15 is 0 Å². The van der Waals surface area contributed by atoms with Gasteiger partial charge in [0.15, 0.2) is 0 Å². The van der Waals surface area contributed by atoms with Crippen LogP contribution in [0.1, 0.15) is 39.0 Å². The molecule has 1 fully saturated rings. The van der Waals surface area contributed by atoms with Gasteiger partial charge < -0.3 is 24.1 Å². The minimum absolute atomic E-state index is 0.406. The predicted molar refractivity (Wildman–Crippen MR) is 113 cm³/mol. The lowest BCUT2D eigenvalue weighted by atomic mass is 9.86. The van der Waals surface area contributed by atoms with Crippen molar-refractivity contribution in [3.8, 4) is 5.75 Å². The quantitative estimate of drug-likeness (QED) is 0.710. The van der Waals surface area contributed by atoms with Gasteiger partial charge in [-0.3, -0.25) is 0 Å². The summed E-state index contributed by atoms with van der Waals surface area (Å²) in [4.78, 5) is 11.7. The van der Waals surface area contributed by atoms with Crippen LogP contribution in [-0.2, 0) is 4.74 Å².